The van der Waals surface area contributed by atoms with E-state index in [0.717, 1.165) is 11.1 Å². The van der Waals surface area contributed by atoms with Crippen molar-refractivity contribution in [2.75, 3.05) is 13.7 Å². The van der Waals surface area contributed by atoms with E-state index >= 15 is 0 Å². The van der Waals surface area contributed by atoms with Crippen LogP contribution in [-0.2, 0) is 4.79 Å². The zero-order chi connectivity index (χ0) is 13.4. The maximum atomic E-state index is 11.0. The number of aliphatic carboxylic acids is 1. The summed E-state index contributed by atoms with van der Waals surface area (Å²) in [5, 5.41) is 12.3. The van der Waals surface area contributed by atoms with E-state index in [1.807, 2.05) is 18.2 Å². The number of oxazole rings is 1. The summed E-state index contributed by atoms with van der Waals surface area (Å²) in [6.07, 6.45) is 0.777. The summed E-state index contributed by atoms with van der Waals surface area (Å²) in [6, 6.07) is 5.61. The van der Waals surface area contributed by atoms with E-state index in [-0.39, 0.29) is 18.0 Å². The summed E-state index contributed by atoms with van der Waals surface area (Å²) in [7, 11) is 1.50. The van der Waals surface area contributed by atoms with E-state index in [1.165, 1.54) is 7.11 Å². The highest BCUT2D eigenvalue weighted by Crippen LogP contribution is 2.33. The molecule has 3 rings (SSSR count). The van der Waals surface area contributed by atoms with Crippen LogP contribution < -0.4 is 10.1 Å². The third-order valence-electron chi connectivity index (χ3n) is 3.46. The summed E-state index contributed by atoms with van der Waals surface area (Å²) in [4.78, 5) is 15.3. The van der Waals surface area contributed by atoms with Crippen molar-refractivity contribution in [3.63, 3.8) is 0 Å². The smallest absolute Gasteiger partial charge is 0.394 e. The summed E-state index contributed by atoms with van der Waals surface area (Å²) in [6.45, 7) is 0.478. The maximum Gasteiger partial charge on any atom is 0.394 e. The van der Waals surface area contributed by atoms with E-state index in [2.05, 4.69) is 10.3 Å². The molecule has 6 heteroatoms. The Hall–Kier alpha value is -2.08. The van der Waals surface area contributed by atoms with Crippen molar-refractivity contribution in [2.24, 2.45) is 5.92 Å². The lowest BCUT2D eigenvalue weighted by atomic mass is 9.99. The van der Waals surface area contributed by atoms with E-state index < -0.39 is 5.97 Å². The van der Waals surface area contributed by atoms with Gasteiger partial charge in [-0.25, -0.2) is 0 Å². The van der Waals surface area contributed by atoms with E-state index in [4.69, 9.17) is 14.3 Å². The molecule has 2 atom stereocenters. The van der Waals surface area contributed by atoms with Crippen LogP contribution in [0.3, 0.4) is 0 Å². The van der Waals surface area contributed by atoms with Gasteiger partial charge in [0.25, 0.3) is 0 Å². The summed E-state index contributed by atoms with van der Waals surface area (Å²) < 4.78 is 10.4. The van der Waals surface area contributed by atoms with Crippen LogP contribution >= 0.6 is 0 Å². The second kappa shape index (κ2) is 4.55. The Bertz CT molecular complexity index is 622. The number of carboxylic acids is 1. The van der Waals surface area contributed by atoms with Gasteiger partial charge < -0.3 is 19.6 Å². The van der Waals surface area contributed by atoms with Crippen molar-refractivity contribution in [3.8, 4) is 6.08 Å². The molecule has 0 amide bonds. The highest BCUT2D eigenvalue weighted by Gasteiger charge is 2.31. The maximum absolute atomic E-state index is 11.0. The lowest BCUT2D eigenvalue weighted by Gasteiger charge is -2.10. The monoisotopic (exact) mass is 262 g/mol. The zero-order valence-electron chi connectivity index (χ0n) is 10.4. The highest BCUT2D eigenvalue weighted by molar-refractivity contribution is 5.78. The number of hydrogen-bond acceptors (Lipinski definition) is 5. The standard InChI is InChI=1S/C13H14N2O4/c1-18-13-15-11-8(3-2-4-10(11)19-13)9-5-7(6-14-9)12(16)17/h2-4,7,9,14H,5-6H2,1H3,(H,16,17). The first-order chi connectivity index (χ1) is 9.19. The van der Waals surface area contributed by atoms with Crippen molar-refractivity contribution in [1.29, 1.82) is 0 Å². The van der Waals surface area contributed by atoms with Crippen LogP contribution in [0, 0.1) is 5.92 Å². The second-order valence-electron chi connectivity index (χ2n) is 4.61. The van der Waals surface area contributed by atoms with Gasteiger partial charge in [0, 0.05) is 12.6 Å². The minimum Gasteiger partial charge on any atom is -0.481 e. The summed E-state index contributed by atoms with van der Waals surface area (Å²) in [5.41, 5.74) is 2.33. The van der Waals surface area contributed by atoms with E-state index in [1.54, 1.807) is 0 Å². The van der Waals surface area contributed by atoms with Gasteiger partial charge in [-0.2, -0.15) is 4.98 Å². The first-order valence-electron chi connectivity index (χ1n) is 6.08. The summed E-state index contributed by atoms with van der Waals surface area (Å²) in [5.74, 6) is -1.12. The number of carbonyl (C=O) groups is 1. The van der Waals surface area contributed by atoms with Crippen LogP contribution in [0.15, 0.2) is 22.6 Å². The number of carboxylic acid groups (broad SMARTS) is 1. The second-order valence-corrected chi connectivity index (χ2v) is 4.61. The Balaban J connectivity index is 1.97. The van der Waals surface area contributed by atoms with Gasteiger partial charge in [0.2, 0.25) is 0 Å². The fourth-order valence-corrected chi connectivity index (χ4v) is 2.48. The van der Waals surface area contributed by atoms with E-state index in [0.29, 0.717) is 18.5 Å². The molecule has 2 N–H and O–H groups in total. The Morgan fingerprint density at radius 2 is 2.42 bits per heavy atom. The Morgan fingerprint density at radius 3 is 3.11 bits per heavy atom. The van der Waals surface area contributed by atoms with Gasteiger partial charge in [-0.1, -0.05) is 12.1 Å². The van der Waals surface area contributed by atoms with Gasteiger partial charge in [0.05, 0.1) is 13.0 Å². The van der Waals surface area contributed by atoms with Crippen LogP contribution in [0.2, 0.25) is 0 Å². The molecule has 1 aliphatic heterocycles. The number of aromatic nitrogens is 1. The zero-order valence-corrected chi connectivity index (χ0v) is 10.4. The lowest BCUT2D eigenvalue weighted by molar-refractivity contribution is -0.141. The van der Waals surface area contributed by atoms with Crippen LogP contribution in [0.5, 0.6) is 6.08 Å². The molecular formula is C13H14N2O4. The summed E-state index contributed by atoms with van der Waals surface area (Å²) >= 11 is 0. The highest BCUT2D eigenvalue weighted by atomic mass is 16.6. The molecule has 1 aromatic heterocycles. The van der Waals surface area contributed by atoms with Gasteiger partial charge in [0.15, 0.2) is 5.58 Å². The topological polar surface area (TPSA) is 84.6 Å². The molecule has 0 radical (unpaired) electrons. The molecule has 0 bridgehead atoms. The predicted octanol–water partition coefficient (Wildman–Crippen LogP) is 1.57. The van der Waals surface area contributed by atoms with Crippen molar-refractivity contribution in [3.05, 3.63) is 23.8 Å². The normalized spacial score (nSPS) is 22.8. The first kappa shape index (κ1) is 12.0. The predicted molar refractivity (Wildman–Crippen MR) is 67.0 cm³/mol. The number of rotatable bonds is 3. The fraction of sp³-hybridized carbons (Fsp3) is 0.385. The quantitative estimate of drug-likeness (QED) is 0.873. The minimum absolute atomic E-state index is 0.0143. The van der Waals surface area contributed by atoms with Crippen LogP contribution in [0.4, 0.5) is 0 Å². The van der Waals surface area contributed by atoms with Crippen molar-refractivity contribution < 1.29 is 19.1 Å². The molecule has 100 valence electrons. The first-order valence-corrected chi connectivity index (χ1v) is 6.08. The number of hydrogen-bond donors (Lipinski definition) is 2. The largest absolute Gasteiger partial charge is 0.481 e. The number of nitrogens with zero attached hydrogens (tertiary/aromatic N) is 1. The van der Waals surface area contributed by atoms with Crippen molar-refractivity contribution in [2.45, 2.75) is 12.5 Å². The molecule has 6 nitrogen and oxygen atoms in total. The molecular weight excluding hydrogens is 248 g/mol. The molecule has 2 aromatic rings. The third kappa shape index (κ3) is 2.04. The molecule has 1 aliphatic rings. The lowest BCUT2D eigenvalue weighted by Crippen LogP contribution is -2.17. The molecule has 1 saturated heterocycles. The number of benzene rings is 1. The van der Waals surface area contributed by atoms with Gasteiger partial charge in [0.1, 0.15) is 5.52 Å². The van der Waals surface area contributed by atoms with Crippen molar-refractivity contribution >= 4 is 17.1 Å². The Kier molecular flexibility index (Phi) is 2.87. The van der Waals surface area contributed by atoms with Gasteiger partial charge >= 0.3 is 12.0 Å². The number of ether oxygens (including phenoxy) is 1. The SMILES string of the molecule is COc1nc2c(C3CC(C(=O)O)CN3)cccc2o1. The van der Waals surface area contributed by atoms with Gasteiger partial charge in [-0.3, -0.25) is 4.79 Å². The molecule has 0 aliphatic carbocycles. The molecule has 1 fully saturated rings. The van der Waals surface area contributed by atoms with Crippen LogP contribution in [0.25, 0.3) is 11.1 Å². The number of fused-ring (bicyclic) bond motifs is 1. The van der Waals surface area contributed by atoms with Crippen molar-refractivity contribution in [1.82, 2.24) is 10.3 Å². The molecule has 0 spiro atoms. The van der Waals surface area contributed by atoms with E-state index in [9.17, 15) is 4.79 Å². The van der Waals surface area contributed by atoms with Gasteiger partial charge in [-0.05, 0) is 18.1 Å². The molecule has 19 heavy (non-hydrogen) atoms. The number of nitrogens with one attached hydrogen (secondary N) is 1. The molecule has 2 unspecified atom stereocenters. The van der Waals surface area contributed by atoms with Crippen LogP contribution in [-0.4, -0.2) is 29.7 Å². The molecule has 0 saturated carbocycles. The molecule has 2 heterocycles. The number of para-hydroxylation sites is 1. The average Bonchev–Trinajstić information content (AvgIpc) is 3.04. The van der Waals surface area contributed by atoms with Crippen LogP contribution in [0.1, 0.15) is 18.0 Å². The van der Waals surface area contributed by atoms with Gasteiger partial charge in [-0.15, -0.1) is 0 Å². The number of methoxy groups -OCH3 is 1. The molecule has 1 aromatic carbocycles. The Morgan fingerprint density at radius 1 is 1.58 bits per heavy atom. The Labute approximate surface area is 109 Å². The fourth-order valence-electron chi connectivity index (χ4n) is 2.48. The average molecular weight is 262 g/mol. The minimum atomic E-state index is -0.764. The third-order valence-corrected chi connectivity index (χ3v) is 3.46.